The number of hydrogen-bond donors (Lipinski definition) is 1. The van der Waals surface area contributed by atoms with E-state index in [1.54, 1.807) is 0 Å². The number of amides is 1. The van der Waals surface area contributed by atoms with Crippen LogP contribution >= 0.6 is 0 Å². The molecule has 1 aromatic heterocycles. The van der Waals surface area contributed by atoms with Crippen molar-refractivity contribution in [3.8, 4) is 0 Å². The van der Waals surface area contributed by atoms with Gasteiger partial charge in [-0.05, 0) is 56.6 Å². The van der Waals surface area contributed by atoms with Gasteiger partial charge in [0.15, 0.2) is 0 Å². The second-order valence-corrected chi connectivity index (χ2v) is 7.43. The van der Waals surface area contributed by atoms with Gasteiger partial charge in [0.1, 0.15) is 11.5 Å². The Bertz CT molecular complexity index is 562. The largest absolute Gasteiger partial charge is 0.464 e. The highest BCUT2D eigenvalue weighted by molar-refractivity contribution is 5.80. The highest BCUT2D eigenvalue weighted by atomic mass is 16.3. The maximum Gasteiger partial charge on any atom is 0.228 e. The quantitative estimate of drug-likeness (QED) is 0.909. The van der Waals surface area contributed by atoms with Crippen molar-refractivity contribution in [3.05, 3.63) is 23.7 Å². The number of nitrogens with zero attached hydrogens (tertiary/aromatic N) is 1. The van der Waals surface area contributed by atoms with Crippen molar-refractivity contribution in [1.29, 1.82) is 0 Å². The standard InChI is InChI=1S/C18H25NO3/c1-11-9-15(11)17-8-7-13(22-17)10-19(12-5-6-12)18(21)14-3-2-4-16(14)20/h7-8,11-12,14-16,20H,2-6,9-10H2,1H3. The maximum atomic E-state index is 12.8. The Kier molecular flexibility index (Phi) is 3.52. The summed E-state index contributed by atoms with van der Waals surface area (Å²) >= 11 is 0. The molecule has 0 bridgehead atoms. The Balaban J connectivity index is 1.45. The molecule has 4 atom stereocenters. The molecule has 0 spiro atoms. The van der Waals surface area contributed by atoms with Crippen molar-refractivity contribution in [2.24, 2.45) is 11.8 Å². The average Bonchev–Trinajstić information content (AvgIpc) is 3.38. The minimum Gasteiger partial charge on any atom is -0.464 e. The van der Waals surface area contributed by atoms with Crippen LogP contribution in [-0.2, 0) is 11.3 Å². The van der Waals surface area contributed by atoms with Crippen LogP contribution < -0.4 is 0 Å². The summed E-state index contributed by atoms with van der Waals surface area (Å²) in [7, 11) is 0. The lowest BCUT2D eigenvalue weighted by molar-refractivity contribution is -0.139. The van der Waals surface area contributed by atoms with Crippen LogP contribution in [0.1, 0.15) is 62.9 Å². The molecule has 1 aromatic rings. The van der Waals surface area contributed by atoms with E-state index in [4.69, 9.17) is 4.42 Å². The molecular formula is C18H25NO3. The third kappa shape index (κ3) is 2.69. The summed E-state index contributed by atoms with van der Waals surface area (Å²) in [6.45, 7) is 2.81. The van der Waals surface area contributed by atoms with Crippen molar-refractivity contribution >= 4 is 5.91 Å². The van der Waals surface area contributed by atoms with E-state index in [-0.39, 0.29) is 11.8 Å². The van der Waals surface area contributed by atoms with Crippen molar-refractivity contribution in [2.75, 3.05) is 0 Å². The van der Waals surface area contributed by atoms with Gasteiger partial charge in [-0.2, -0.15) is 0 Å². The predicted octanol–water partition coefficient (Wildman–Crippen LogP) is 3.06. The van der Waals surface area contributed by atoms with Gasteiger partial charge in [-0.25, -0.2) is 0 Å². The number of carbonyl (C=O) groups is 1. The van der Waals surface area contributed by atoms with Crippen LogP contribution in [0.25, 0.3) is 0 Å². The minimum atomic E-state index is -0.451. The van der Waals surface area contributed by atoms with Crippen molar-refractivity contribution in [1.82, 2.24) is 4.90 Å². The zero-order valence-corrected chi connectivity index (χ0v) is 13.2. The Morgan fingerprint density at radius 1 is 1.32 bits per heavy atom. The molecule has 0 aromatic carbocycles. The van der Waals surface area contributed by atoms with Crippen molar-refractivity contribution in [3.63, 3.8) is 0 Å². The smallest absolute Gasteiger partial charge is 0.228 e. The number of carbonyl (C=O) groups excluding carboxylic acids is 1. The normalized spacial score (nSPS) is 33.9. The molecule has 4 heteroatoms. The first-order chi connectivity index (χ1) is 10.6. The fourth-order valence-electron chi connectivity index (χ4n) is 3.78. The Labute approximate surface area is 131 Å². The molecule has 0 saturated heterocycles. The van der Waals surface area contributed by atoms with Crippen LogP contribution in [-0.4, -0.2) is 28.1 Å². The number of aliphatic hydroxyl groups excluding tert-OH is 1. The lowest BCUT2D eigenvalue weighted by Crippen LogP contribution is -2.40. The van der Waals surface area contributed by atoms with Crippen LogP contribution in [0.5, 0.6) is 0 Å². The van der Waals surface area contributed by atoms with Crippen LogP contribution in [0.3, 0.4) is 0 Å². The minimum absolute atomic E-state index is 0.130. The van der Waals surface area contributed by atoms with E-state index in [1.165, 1.54) is 6.42 Å². The van der Waals surface area contributed by atoms with Gasteiger partial charge >= 0.3 is 0 Å². The molecule has 1 heterocycles. The molecule has 120 valence electrons. The fourth-order valence-corrected chi connectivity index (χ4v) is 3.78. The molecule has 4 unspecified atom stereocenters. The molecule has 22 heavy (non-hydrogen) atoms. The monoisotopic (exact) mass is 303 g/mol. The molecule has 3 fully saturated rings. The number of furan rings is 1. The topological polar surface area (TPSA) is 53.7 Å². The summed E-state index contributed by atoms with van der Waals surface area (Å²) in [5.74, 6) is 3.21. The van der Waals surface area contributed by atoms with Crippen molar-refractivity contribution in [2.45, 2.75) is 70.1 Å². The Morgan fingerprint density at radius 3 is 2.68 bits per heavy atom. The second kappa shape index (κ2) is 5.41. The van der Waals surface area contributed by atoms with Crippen LogP contribution in [0.4, 0.5) is 0 Å². The maximum absolute atomic E-state index is 12.8. The summed E-state index contributed by atoms with van der Waals surface area (Å²) in [5.41, 5.74) is 0. The zero-order valence-electron chi connectivity index (χ0n) is 13.2. The predicted molar refractivity (Wildman–Crippen MR) is 82.1 cm³/mol. The summed E-state index contributed by atoms with van der Waals surface area (Å²) < 4.78 is 5.97. The van der Waals surface area contributed by atoms with Crippen LogP contribution in [0.15, 0.2) is 16.5 Å². The number of hydrogen-bond acceptors (Lipinski definition) is 3. The Morgan fingerprint density at radius 2 is 2.09 bits per heavy atom. The fraction of sp³-hybridized carbons (Fsp3) is 0.722. The van der Waals surface area contributed by atoms with Gasteiger partial charge < -0.3 is 14.4 Å². The van der Waals surface area contributed by atoms with Crippen molar-refractivity contribution < 1.29 is 14.3 Å². The van der Waals surface area contributed by atoms with E-state index < -0.39 is 6.10 Å². The highest BCUT2D eigenvalue weighted by Crippen LogP contribution is 2.47. The third-order valence-electron chi connectivity index (χ3n) is 5.55. The van der Waals surface area contributed by atoms with E-state index in [0.717, 1.165) is 49.5 Å². The summed E-state index contributed by atoms with van der Waals surface area (Å²) in [5, 5.41) is 10.0. The van der Waals surface area contributed by atoms with Gasteiger partial charge in [0.25, 0.3) is 0 Å². The summed E-state index contributed by atoms with van der Waals surface area (Å²) in [6.07, 6.45) is 5.48. The molecule has 1 N–H and O–H groups in total. The SMILES string of the molecule is CC1CC1c1ccc(CN(C(=O)C2CCCC2O)C2CC2)o1. The number of aliphatic hydroxyl groups is 1. The van der Waals surface area contributed by atoms with Gasteiger partial charge in [-0.3, -0.25) is 4.79 Å². The van der Waals surface area contributed by atoms with E-state index in [2.05, 4.69) is 13.0 Å². The van der Waals surface area contributed by atoms with E-state index in [9.17, 15) is 9.90 Å². The van der Waals surface area contributed by atoms with Crippen LogP contribution in [0.2, 0.25) is 0 Å². The number of rotatable bonds is 5. The van der Waals surface area contributed by atoms with Gasteiger partial charge in [-0.15, -0.1) is 0 Å². The average molecular weight is 303 g/mol. The van der Waals surface area contributed by atoms with E-state index in [0.29, 0.717) is 18.5 Å². The highest BCUT2D eigenvalue weighted by Gasteiger charge is 2.41. The molecule has 1 amide bonds. The van der Waals surface area contributed by atoms with Crippen LogP contribution in [0, 0.1) is 11.8 Å². The summed E-state index contributed by atoms with van der Waals surface area (Å²) in [6, 6.07) is 4.45. The zero-order chi connectivity index (χ0) is 15.3. The summed E-state index contributed by atoms with van der Waals surface area (Å²) in [4.78, 5) is 14.7. The van der Waals surface area contributed by atoms with Gasteiger partial charge in [0.2, 0.25) is 5.91 Å². The van der Waals surface area contributed by atoms with E-state index >= 15 is 0 Å². The molecule has 0 radical (unpaired) electrons. The lowest BCUT2D eigenvalue weighted by atomic mass is 10.0. The van der Waals surface area contributed by atoms with E-state index in [1.807, 2.05) is 11.0 Å². The molecular weight excluding hydrogens is 278 g/mol. The molecule has 4 nitrogen and oxygen atoms in total. The molecule has 0 aliphatic heterocycles. The first-order valence-corrected chi connectivity index (χ1v) is 8.70. The second-order valence-electron chi connectivity index (χ2n) is 7.43. The first-order valence-electron chi connectivity index (χ1n) is 8.70. The molecule has 3 saturated carbocycles. The Hall–Kier alpha value is -1.29. The van der Waals surface area contributed by atoms with Gasteiger partial charge in [0, 0.05) is 12.0 Å². The molecule has 3 aliphatic carbocycles. The molecule has 4 rings (SSSR count). The molecule has 3 aliphatic rings. The van der Waals surface area contributed by atoms with Gasteiger partial charge in [0.05, 0.1) is 18.6 Å². The first kappa shape index (κ1) is 14.3. The van der Waals surface area contributed by atoms with Gasteiger partial charge in [-0.1, -0.05) is 6.92 Å². The third-order valence-corrected chi connectivity index (χ3v) is 5.55. The lowest BCUT2D eigenvalue weighted by Gasteiger charge is -2.26.